The Labute approximate surface area is 188 Å². The molecule has 0 radical (unpaired) electrons. The van der Waals surface area contributed by atoms with Crippen molar-refractivity contribution in [2.45, 2.75) is 24.8 Å². The predicted molar refractivity (Wildman–Crippen MR) is 121 cm³/mol. The minimum absolute atomic E-state index is 0.00958. The summed E-state index contributed by atoms with van der Waals surface area (Å²) in [4.78, 5) is 34.9. The van der Waals surface area contributed by atoms with Crippen LogP contribution in [0.5, 0.6) is 0 Å². The van der Waals surface area contributed by atoms with E-state index in [1.54, 1.807) is 6.33 Å². The minimum atomic E-state index is -0.154. The first-order chi connectivity index (χ1) is 15.6. The van der Waals surface area contributed by atoms with E-state index in [0.717, 1.165) is 36.0 Å². The number of piperidine rings is 1. The number of aromatic nitrogens is 2. The number of rotatable bonds is 5. The van der Waals surface area contributed by atoms with Crippen LogP contribution in [-0.4, -0.2) is 83.1 Å². The number of amides is 2. The third kappa shape index (κ3) is 3.61. The van der Waals surface area contributed by atoms with Gasteiger partial charge in [-0.1, -0.05) is 6.08 Å². The van der Waals surface area contributed by atoms with Crippen molar-refractivity contribution < 1.29 is 14.3 Å². The van der Waals surface area contributed by atoms with E-state index in [0.29, 0.717) is 45.0 Å². The van der Waals surface area contributed by atoms with Crippen LogP contribution in [0.4, 0.5) is 0 Å². The molecular formula is C24H31N5O3. The van der Waals surface area contributed by atoms with Crippen LogP contribution in [0, 0.1) is 5.92 Å². The number of ether oxygens (including phenoxy) is 1. The van der Waals surface area contributed by atoms with Crippen molar-refractivity contribution in [1.82, 2.24) is 24.7 Å². The number of aryl methyl sites for hydroxylation is 1. The van der Waals surface area contributed by atoms with Gasteiger partial charge in [-0.3, -0.25) is 9.59 Å². The van der Waals surface area contributed by atoms with Gasteiger partial charge < -0.3 is 24.4 Å². The van der Waals surface area contributed by atoms with Crippen LogP contribution in [0.2, 0.25) is 0 Å². The Bertz CT molecular complexity index is 1040. The molecule has 0 saturated carbocycles. The van der Waals surface area contributed by atoms with Gasteiger partial charge in [0.15, 0.2) is 0 Å². The summed E-state index contributed by atoms with van der Waals surface area (Å²) in [6, 6.07) is 4.05. The van der Waals surface area contributed by atoms with Crippen molar-refractivity contribution in [3.8, 4) is 0 Å². The number of nitrogens with zero attached hydrogens (tertiary/aromatic N) is 4. The van der Waals surface area contributed by atoms with Crippen molar-refractivity contribution in [2.75, 3.05) is 45.9 Å². The number of carbonyl (C=O) groups is 2. The first-order valence-electron chi connectivity index (χ1n) is 11.5. The van der Waals surface area contributed by atoms with Crippen LogP contribution in [0.1, 0.15) is 34.7 Å². The second kappa shape index (κ2) is 8.67. The number of imidazole rings is 1. The Morgan fingerprint density at radius 1 is 1.34 bits per heavy atom. The highest BCUT2D eigenvalue weighted by molar-refractivity contribution is 6.05. The summed E-state index contributed by atoms with van der Waals surface area (Å²) in [5.41, 5.74) is 3.46. The quantitative estimate of drug-likeness (QED) is 0.718. The van der Waals surface area contributed by atoms with Crippen molar-refractivity contribution >= 4 is 22.8 Å². The molecule has 8 heteroatoms. The normalized spacial score (nSPS) is 25.9. The first-order valence-corrected chi connectivity index (χ1v) is 11.5. The van der Waals surface area contributed by atoms with Crippen LogP contribution < -0.4 is 5.32 Å². The van der Waals surface area contributed by atoms with Crippen LogP contribution in [0.15, 0.2) is 31.1 Å². The number of morpholine rings is 1. The third-order valence-electron chi connectivity index (χ3n) is 7.19. The maximum Gasteiger partial charge on any atom is 0.256 e. The molecule has 3 aliphatic heterocycles. The second-order valence-corrected chi connectivity index (χ2v) is 9.05. The number of hydrogen-bond acceptors (Lipinski definition) is 5. The van der Waals surface area contributed by atoms with Gasteiger partial charge in [-0.15, -0.1) is 6.58 Å². The van der Waals surface area contributed by atoms with E-state index in [1.807, 2.05) is 33.6 Å². The van der Waals surface area contributed by atoms with E-state index >= 15 is 0 Å². The van der Waals surface area contributed by atoms with E-state index in [2.05, 4.69) is 22.9 Å². The molecule has 2 amide bonds. The zero-order chi connectivity index (χ0) is 22.2. The number of hydrogen-bond donors (Lipinski definition) is 1. The standard InChI is InChI=1S/C24H31N5O3/c1-3-4-7-29-14-19(17-5-6-25-22(17)24(29)31)16-12-18(21-20(13-16)27(2)15-26-21)23(30)28-8-10-32-11-9-28/h3,12-13,15,17,19,22,25H,1,4-11,14H2,2H3. The zero-order valence-electron chi connectivity index (χ0n) is 18.6. The van der Waals surface area contributed by atoms with E-state index < -0.39 is 0 Å². The lowest BCUT2D eigenvalue weighted by Crippen LogP contribution is -2.54. The minimum Gasteiger partial charge on any atom is -0.378 e. The third-order valence-corrected chi connectivity index (χ3v) is 7.19. The van der Waals surface area contributed by atoms with Gasteiger partial charge in [-0.2, -0.15) is 0 Å². The molecule has 0 bridgehead atoms. The van der Waals surface area contributed by atoms with Gasteiger partial charge >= 0.3 is 0 Å². The number of carbonyl (C=O) groups excluding carboxylic acids is 2. The highest BCUT2D eigenvalue weighted by Gasteiger charge is 2.45. The Morgan fingerprint density at radius 2 is 2.16 bits per heavy atom. The molecule has 1 aromatic heterocycles. The fraction of sp³-hybridized carbons (Fsp3) is 0.542. The topological polar surface area (TPSA) is 79.7 Å². The van der Waals surface area contributed by atoms with Crippen molar-refractivity contribution in [1.29, 1.82) is 0 Å². The largest absolute Gasteiger partial charge is 0.378 e. The summed E-state index contributed by atoms with van der Waals surface area (Å²) < 4.78 is 7.41. The lowest BCUT2D eigenvalue weighted by molar-refractivity contribution is -0.137. The fourth-order valence-corrected chi connectivity index (χ4v) is 5.45. The fourth-order valence-electron chi connectivity index (χ4n) is 5.45. The first kappa shape index (κ1) is 21.2. The molecule has 3 fully saturated rings. The highest BCUT2D eigenvalue weighted by atomic mass is 16.5. The van der Waals surface area contributed by atoms with Gasteiger partial charge in [-0.25, -0.2) is 4.98 Å². The maximum absolute atomic E-state index is 13.5. The monoisotopic (exact) mass is 437 g/mol. The van der Waals surface area contributed by atoms with Gasteiger partial charge in [0.1, 0.15) is 5.52 Å². The molecule has 3 saturated heterocycles. The Kier molecular flexibility index (Phi) is 5.73. The molecule has 3 aliphatic rings. The van der Waals surface area contributed by atoms with Gasteiger partial charge in [0, 0.05) is 39.1 Å². The Morgan fingerprint density at radius 3 is 2.94 bits per heavy atom. The summed E-state index contributed by atoms with van der Waals surface area (Å²) in [6.45, 7) is 8.33. The predicted octanol–water partition coefficient (Wildman–Crippen LogP) is 1.53. The van der Waals surface area contributed by atoms with Gasteiger partial charge in [0.05, 0.1) is 36.7 Å². The van der Waals surface area contributed by atoms with Crippen LogP contribution in [-0.2, 0) is 16.6 Å². The van der Waals surface area contributed by atoms with Gasteiger partial charge in [0.2, 0.25) is 5.91 Å². The van der Waals surface area contributed by atoms with Crippen LogP contribution in [0.3, 0.4) is 0 Å². The van der Waals surface area contributed by atoms with E-state index in [1.165, 1.54) is 0 Å². The highest BCUT2D eigenvalue weighted by Crippen LogP contribution is 2.39. The number of nitrogens with one attached hydrogen (secondary N) is 1. The number of benzene rings is 1. The molecular weight excluding hydrogens is 406 g/mol. The smallest absolute Gasteiger partial charge is 0.256 e. The van der Waals surface area contributed by atoms with Gasteiger partial charge in [0.25, 0.3) is 5.91 Å². The summed E-state index contributed by atoms with van der Waals surface area (Å²) >= 11 is 0. The molecule has 8 nitrogen and oxygen atoms in total. The summed E-state index contributed by atoms with van der Waals surface area (Å²) in [7, 11) is 1.96. The average molecular weight is 438 g/mol. The molecule has 0 spiro atoms. The number of fused-ring (bicyclic) bond motifs is 2. The maximum atomic E-state index is 13.5. The van der Waals surface area contributed by atoms with E-state index in [9.17, 15) is 9.59 Å². The SMILES string of the molecule is C=CCCN1CC(c2cc(C(=O)N3CCOCC3)c3ncn(C)c3c2)C2CCNC2C1=O. The molecule has 4 heterocycles. The molecule has 32 heavy (non-hydrogen) atoms. The van der Waals surface area contributed by atoms with Crippen LogP contribution in [0.25, 0.3) is 11.0 Å². The number of likely N-dealkylation sites (tertiary alicyclic amines) is 1. The van der Waals surface area contributed by atoms with Crippen molar-refractivity contribution in [3.63, 3.8) is 0 Å². The van der Waals surface area contributed by atoms with Crippen molar-refractivity contribution in [2.24, 2.45) is 13.0 Å². The molecule has 1 aromatic carbocycles. The summed E-state index contributed by atoms with van der Waals surface area (Å²) in [5.74, 6) is 0.611. The summed E-state index contributed by atoms with van der Waals surface area (Å²) in [6.07, 6.45) is 5.37. The van der Waals surface area contributed by atoms with Crippen LogP contribution >= 0.6 is 0 Å². The average Bonchev–Trinajstić information content (AvgIpc) is 3.46. The van der Waals surface area contributed by atoms with E-state index in [4.69, 9.17) is 4.74 Å². The lowest BCUT2D eigenvalue weighted by atomic mass is 9.77. The van der Waals surface area contributed by atoms with Crippen molar-refractivity contribution in [3.05, 3.63) is 42.2 Å². The Hall–Kier alpha value is -2.71. The summed E-state index contributed by atoms with van der Waals surface area (Å²) in [5, 5.41) is 3.42. The molecule has 3 unspecified atom stereocenters. The Balaban J connectivity index is 1.55. The zero-order valence-corrected chi connectivity index (χ0v) is 18.6. The lowest BCUT2D eigenvalue weighted by Gasteiger charge is -2.40. The molecule has 0 aliphatic carbocycles. The van der Waals surface area contributed by atoms with Gasteiger partial charge in [-0.05, 0) is 43.0 Å². The molecule has 170 valence electrons. The van der Waals surface area contributed by atoms with E-state index in [-0.39, 0.29) is 29.7 Å². The molecule has 1 N–H and O–H groups in total. The molecule has 2 aromatic rings. The molecule has 5 rings (SSSR count). The molecule has 3 atom stereocenters. The second-order valence-electron chi connectivity index (χ2n) is 9.05.